The van der Waals surface area contributed by atoms with Gasteiger partial charge in [0.15, 0.2) is 0 Å². The molecular formula is C7H7ClN4O3S. The molecule has 0 aliphatic carbocycles. The fraction of sp³-hybridized carbons (Fsp3) is 0.286. The Morgan fingerprint density at radius 3 is 2.69 bits per heavy atom. The highest BCUT2D eigenvalue weighted by molar-refractivity contribution is 8.13. The molecule has 0 N–H and O–H groups in total. The van der Waals surface area contributed by atoms with Crippen LogP contribution in [0.5, 0.6) is 5.88 Å². The van der Waals surface area contributed by atoms with Gasteiger partial charge in [-0.2, -0.15) is 9.50 Å². The van der Waals surface area contributed by atoms with Gasteiger partial charge in [-0.25, -0.2) is 13.4 Å². The Labute approximate surface area is 95.5 Å². The molecule has 2 rings (SSSR count). The third-order valence-electron chi connectivity index (χ3n) is 1.82. The summed E-state index contributed by atoms with van der Waals surface area (Å²) >= 11 is 0. The Morgan fingerprint density at radius 2 is 2.12 bits per heavy atom. The summed E-state index contributed by atoms with van der Waals surface area (Å²) in [5.41, 5.74) is 0.635. The van der Waals surface area contributed by atoms with Gasteiger partial charge in [-0.05, 0) is 6.92 Å². The normalized spacial score (nSPS) is 11.9. The maximum atomic E-state index is 11.0. The average molecular weight is 263 g/mol. The predicted octanol–water partition coefficient (Wildman–Crippen LogP) is 0.369. The van der Waals surface area contributed by atoms with E-state index in [1.54, 1.807) is 13.0 Å². The number of rotatable bonds is 2. The number of aryl methyl sites for hydroxylation is 1. The Morgan fingerprint density at radius 1 is 1.44 bits per heavy atom. The lowest BCUT2D eigenvalue weighted by Crippen LogP contribution is -1.99. The Bertz CT molecular complexity index is 651. The van der Waals surface area contributed by atoms with Crippen LogP contribution >= 0.6 is 10.7 Å². The molecule has 0 atom stereocenters. The molecule has 0 fully saturated rings. The molecule has 2 aromatic rings. The summed E-state index contributed by atoms with van der Waals surface area (Å²) in [5.74, 6) is 0.456. The monoisotopic (exact) mass is 262 g/mol. The molecule has 0 bridgehead atoms. The molecule has 0 aliphatic rings. The number of aromatic nitrogens is 4. The Kier molecular flexibility index (Phi) is 2.47. The number of fused-ring (bicyclic) bond motifs is 1. The van der Waals surface area contributed by atoms with Crippen molar-refractivity contribution in [1.29, 1.82) is 0 Å². The topological polar surface area (TPSA) is 86.5 Å². The van der Waals surface area contributed by atoms with Crippen LogP contribution in [-0.4, -0.2) is 35.1 Å². The quantitative estimate of drug-likeness (QED) is 0.727. The molecule has 16 heavy (non-hydrogen) atoms. The first-order valence-electron chi connectivity index (χ1n) is 4.15. The molecule has 0 amide bonds. The van der Waals surface area contributed by atoms with Crippen LogP contribution in [-0.2, 0) is 9.05 Å². The van der Waals surface area contributed by atoms with Crippen molar-refractivity contribution in [3.8, 4) is 5.88 Å². The third-order valence-corrected chi connectivity index (χ3v) is 2.84. The summed E-state index contributed by atoms with van der Waals surface area (Å²) in [7, 11) is 2.60. The standard InChI is InChI=1S/C7H7ClN4O3S/c1-4-3-5(15-2)12-6(9-4)10-7(11-12)16(8,13)14/h3H,1-2H3. The number of nitrogens with zero attached hydrogens (tertiary/aromatic N) is 4. The minimum atomic E-state index is -3.97. The fourth-order valence-electron chi connectivity index (χ4n) is 1.18. The van der Waals surface area contributed by atoms with Gasteiger partial charge in [0.2, 0.25) is 5.88 Å². The second-order valence-corrected chi connectivity index (χ2v) is 5.44. The number of methoxy groups -OCH3 is 1. The maximum Gasteiger partial charge on any atom is 0.298 e. The zero-order chi connectivity index (χ0) is 11.9. The summed E-state index contributed by atoms with van der Waals surface area (Å²) in [5, 5.41) is 3.20. The van der Waals surface area contributed by atoms with E-state index in [1.165, 1.54) is 11.6 Å². The SMILES string of the molecule is COc1cc(C)nc2nc(S(=O)(=O)Cl)nn12. The summed E-state index contributed by atoms with van der Waals surface area (Å²) < 4.78 is 28.3. The molecule has 0 aliphatic heterocycles. The lowest BCUT2D eigenvalue weighted by atomic mass is 10.4. The number of hydrogen-bond acceptors (Lipinski definition) is 6. The van der Waals surface area contributed by atoms with Crippen LogP contribution in [0.1, 0.15) is 5.69 Å². The van der Waals surface area contributed by atoms with Crippen LogP contribution in [0.25, 0.3) is 5.78 Å². The molecule has 0 radical (unpaired) electrons. The lowest BCUT2D eigenvalue weighted by molar-refractivity contribution is 0.383. The predicted molar refractivity (Wildman–Crippen MR) is 55.1 cm³/mol. The molecule has 0 spiro atoms. The van der Waals surface area contributed by atoms with Crippen molar-refractivity contribution >= 4 is 25.5 Å². The van der Waals surface area contributed by atoms with E-state index in [-0.39, 0.29) is 5.78 Å². The van der Waals surface area contributed by atoms with Crippen molar-refractivity contribution < 1.29 is 13.2 Å². The molecule has 2 heterocycles. The van der Waals surface area contributed by atoms with Gasteiger partial charge in [-0.3, -0.25) is 0 Å². The Hall–Kier alpha value is -1.41. The van der Waals surface area contributed by atoms with Crippen molar-refractivity contribution in [3.05, 3.63) is 11.8 Å². The van der Waals surface area contributed by atoms with E-state index in [1.807, 2.05) is 0 Å². The fourth-order valence-corrected chi connectivity index (χ4v) is 1.75. The van der Waals surface area contributed by atoms with Crippen LogP contribution in [0.2, 0.25) is 0 Å². The van der Waals surface area contributed by atoms with Crippen molar-refractivity contribution in [3.63, 3.8) is 0 Å². The average Bonchev–Trinajstić information content (AvgIpc) is 2.59. The van der Waals surface area contributed by atoms with Crippen molar-refractivity contribution in [2.45, 2.75) is 12.1 Å². The van der Waals surface area contributed by atoms with Crippen LogP contribution < -0.4 is 4.74 Å². The molecule has 86 valence electrons. The second kappa shape index (κ2) is 3.56. The highest BCUT2D eigenvalue weighted by Gasteiger charge is 2.19. The largest absolute Gasteiger partial charge is 0.481 e. The molecule has 2 aromatic heterocycles. The molecule has 0 saturated heterocycles. The van der Waals surface area contributed by atoms with E-state index < -0.39 is 14.2 Å². The Balaban J connectivity index is 2.80. The minimum Gasteiger partial charge on any atom is -0.481 e. The van der Waals surface area contributed by atoms with E-state index in [2.05, 4.69) is 15.1 Å². The minimum absolute atomic E-state index is 0.121. The first kappa shape index (κ1) is 11.1. The smallest absolute Gasteiger partial charge is 0.298 e. The highest BCUT2D eigenvalue weighted by atomic mass is 35.7. The summed E-state index contributed by atoms with van der Waals surface area (Å²) in [4.78, 5) is 7.70. The second-order valence-electron chi connectivity index (χ2n) is 2.98. The van der Waals surface area contributed by atoms with Gasteiger partial charge >= 0.3 is 0 Å². The maximum absolute atomic E-state index is 11.0. The van der Waals surface area contributed by atoms with Crippen LogP contribution in [0, 0.1) is 6.92 Å². The molecule has 7 nitrogen and oxygen atoms in total. The van der Waals surface area contributed by atoms with Gasteiger partial charge in [0.05, 0.1) is 7.11 Å². The van der Waals surface area contributed by atoms with Gasteiger partial charge in [0.1, 0.15) is 0 Å². The van der Waals surface area contributed by atoms with Gasteiger partial charge in [-0.15, -0.1) is 5.10 Å². The zero-order valence-electron chi connectivity index (χ0n) is 8.38. The number of ether oxygens (including phenoxy) is 1. The van der Waals surface area contributed by atoms with E-state index in [0.717, 1.165) is 0 Å². The van der Waals surface area contributed by atoms with Crippen LogP contribution in [0.15, 0.2) is 11.2 Å². The highest BCUT2D eigenvalue weighted by Crippen LogP contribution is 2.16. The summed E-state index contributed by atoms with van der Waals surface area (Å²) in [6.45, 7) is 1.73. The summed E-state index contributed by atoms with van der Waals surface area (Å²) in [6.07, 6.45) is 0. The van der Waals surface area contributed by atoms with E-state index >= 15 is 0 Å². The van der Waals surface area contributed by atoms with E-state index in [9.17, 15) is 8.42 Å². The van der Waals surface area contributed by atoms with Crippen molar-refractivity contribution in [2.75, 3.05) is 7.11 Å². The number of hydrogen-bond donors (Lipinski definition) is 0. The van der Waals surface area contributed by atoms with Gasteiger partial charge < -0.3 is 4.74 Å². The third kappa shape index (κ3) is 1.81. The first-order chi connectivity index (χ1) is 7.41. The molecular weight excluding hydrogens is 256 g/mol. The van der Waals surface area contributed by atoms with Gasteiger partial charge in [0, 0.05) is 22.4 Å². The zero-order valence-corrected chi connectivity index (χ0v) is 9.95. The molecule has 0 saturated carbocycles. The van der Waals surface area contributed by atoms with Gasteiger partial charge in [-0.1, -0.05) is 0 Å². The van der Waals surface area contributed by atoms with Gasteiger partial charge in [0.25, 0.3) is 20.0 Å². The summed E-state index contributed by atoms with van der Waals surface area (Å²) in [6, 6.07) is 1.60. The van der Waals surface area contributed by atoms with Crippen molar-refractivity contribution in [1.82, 2.24) is 19.6 Å². The van der Waals surface area contributed by atoms with Crippen LogP contribution in [0.4, 0.5) is 0 Å². The lowest BCUT2D eigenvalue weighted by Gasteiger charge is -2.01. The first-order valence-corrected chi connectivity index (χ1v) is 6.46. The molecule has 0 unspecified atom stereocenters. The van der Waals surface area contributed by atoms with Crippen molar-refractivity contribution in [2.24, 2.45) is 0 Å². The number of halogens is 1. The molecule has 0 aromatic carbocycles. The van der Waals surface area contributed by atoms with Crippen LogP contribution in [0.3, 0.4) is 0 Å². The molecule has 9 heteroatoms. The van der Waals surface area contributed by atoms with E-state index in [0.29, 0.717) is 11.6 Å². The van der Waals surface area contributed by atoms with E-state index in [4.69, 9.17) is 15.4 Å².